The molecule has 1 unspecified atom stereocenters. The third-order valence-electron chi connectivity index (χ3n) is 3.82. The molecule has 1 aromatic heterocycles. The van der Waals surface area contributed by atoms with Crippen LogP contribution in [0.2, 0.25) is 0 Å². The number of benzene rings is 1. The number of hydrogen-bond donors (Lipinski definition) is 1. The quantitative estimate of drug-likeness (QED) is 0.866. The van der Waals surface area contributed by atoms with E-state index in [-0.39, 0.29) is 5.76 Å². The van der Waals surface area contributed by atoms with E-state index in [1.807, 2.05) is 12.1 Å². The van der Waals surface area contributed by atoms with Crippen molar-refractivity contribution in [3.8, 4) is 0 Å². The minimum absolute atomic E-state index is 0.352. The Labute approximate surface area is 114 Å². The predicted molar refractivity (Wildman–Crippen MR) is 75.1 cm³/mol. The summed E-state index contributed by atoms with van der Waals surface area (Å²) in [6, 6.07) is 5.93. The number of H-pyrrole nitrogens is 1. The maximum atomic E-state index is 11.1. The van der Waals surface area contributed by atoms with Crippen molar-refractivity contribution in [1.29, 1.82) is 0 Å². The van der Waals surface area contributed by atoms with Gasteiger partial charge in [-0.15, -0.1) is 0 Å². The highest BCUT2D eigenvalue weighted by molar-refractivity contribution is 9.09. The Morgan fingerprint density at radius 2 is 2.17 bits per heavy atom. The molecule has 0 spiro atoms. The highest BCUT2D eigenvalue weighted by Gasteiger charge is 2.20. The van der Waals surface area contributed by atoms with Crippen molar-refractivity contribution in [3.63, 3.8) is 0 Å². The standard InChI is InChI=1S/C14H16BrNO2/c15-11(7-9-3-1-2-4-9)10-5-6-12-13(8-10)18-14(17)16-12/h5-6,8-9,11H,1-4,7H2,(H,16,17). The van der Waals surface area contributed by atoms with Crippen molar-refractivity contribution in [3.05, 3.63) is 34.3 Å². The first kappa shape index (κ1) is 12.0. The van der Waals surface area contributed by atoms with Gasteiger partial charge in [0.25, 0.3) is 0 Å². The van der Waals surface area contributed by atoms with Crippen LogP contribution in [0.25, 0.3) is 11.1 Å². The Kier molecular flexibility index (Phi) is 3.29. The van der Waals surface area contributed by atoms with Crippen LogP contribution in [0, 0.1) is 5.92 Å². The van der Waals surface area contributed by atoms with Crippen LogP contribution in [0.4, 0.5) is 0 Å². The Bertz CT molecular complexity index is 595. The van der Waals surface area contributed by atoms with Gasteiger partial charge in [0.05, 0.1) is 5.52 Å². The molecule has 4 heteroatoms. The number of hydrogen-bond acceptors (Lipinski definition) is 2. The Morgan fingerprint density at radius 1 is 1.39 bits per heavy atom. The molecule has 0 radical (unpaired) electrons. The maximum absolute atomic E-state index is 11.1. The topological polar surface area (TPSA) is 46.0 Å². The first-order chi connectivity index (χ1) is 8.72. The highest BCUT2D eigenvalue weighted by Crippen LogP contribution is 2.37. The van der Waals surface area contributed by atoms with Crippen LogP contribution in [0.5, 0.6) is 0 Å². The summed E-state index contributed by atoms with van der Waals surface area (Å²) < 4.78 is 5.10. The van der Waals surface area contributed by atoms with Gasteiger partial charge in [-0.25, -0.2) is 4.79 Å². The lowest BCUT2D eigenvalue weighted by molar-refractivity contribution is 0.501. The van der Waals surface area contributed by atoms with Gasteiger partial charge in [-0.3, -0.25) is 4.98 Å². The molecular formula is C14H16BrNO2. The van der Waals surface area contributed by atoms with Gasteiger partial charge in [0.15, 0.2) is 5.58 Å². The van der Waals surface area contributed by atoms with Crippen LogP contribution in [0.3, 0.4) is 0 Å². The van der Waals surface area contributed by atoms with Gasteiger partial charge in [0.2, 0.25) is 0 Å². The van der Waals surface area contributed by atoms with Crippen LogP contribution >= 0.6 is 15.9 Å². The smallest absolute Gasteiger partial charge is 0.408 e. The molecule has 2 aromatic rings. The second-order valence-corrected chi connectivity index (χ2v) is 6.23. The first-order valence-electron chi connectivity index (χ1n) is 6.49. The van der Waals surface area contributed by atoms with Crippen LogP contribution in [-0.2, 0) is 0 Å². The second kappa shape index (κ2) is 4.92. The molecule has 18 heavy (non-hydrogen) atoms. The molecule has 1 heterocycles. The zero-order chi connectivity index (χ0) is 12.5. The van der Waals surface area contributed by atoms with Gasteiger partial charge in [0, 0.05) is 4.83 Å². The Hall–Kier alpha value is -1.03. The van der Waals surface area contributed by atoms with Gasteiger partial charge in [-0.05, 0) is 30.0 Å². The molecule has 1 aromatic carbocycles. The van der Waals surface area contributed by atoms with Crippen LogP contribution < -0.4 is 5.76 Å². The third kappa shape index (κ3) is 2.39. The number of halogens is 1. The summed E-state index contributed by atoms with van der Waals surface area (Å²) in [6.07, 6.45) is 6.61. The summed E-state index contributed by atoms with van der Waals surface area (Å²) in [6.45, 7) is 0. The number of fused-ring (bicyclic) bond motifs is 1. The molecule has 1 aliphatic rings. The molecule has 1 saturated carbocycles. The minimum Gasteiger partial charge on any atom is -0.408 e. The number of alkyl halides is 1. The molecule has 0 amide bonds. The van der Waals surface area contributed by atoms with E-state index in [1.54, 1.807) is 0 Å². The number of rotatable bonds is 3. The van der Waals surface area contributed by atoms with Crippen LogP contribution in [0.15, 0.2) is 27.4 Å². The Balaban J connectivity index is 1.81. The van der Waals surface area contributed by atoms with Crippen molar-refractivity contribution in [2.45, 2.75) is 36.9 Å². The van der Waals surface area contributed by atoms with Crippen molar-refractivity contribution in [2.24, 2.45) is 5.92 Å². The third-order valence-corrected chi connectivity index (χ3v) is 4.72. The Morgan fingerprint density at radius 3 is 2.94 bits per heavy atom. The van der Waals surface area contributed by atoms with Crippen molar-refractivity contribution < 1.29 is 4.42 Å². The lowest BCUT2D eigenvalue weighted by Gasteiger charge is -2.14. The van der Waals surface area contributed by atoms with Crippen molar-refractivity contribution in [2.75, 3.05) is 0 Å². The molecule has 1 N–H and O–H groups in total. The number of nitrogens with one attached hydrogen (secondary N) is 1. The molecule has 0 bridgehead atoms. The van der Waals surface area contributed by atoms with E-state index in [0.717, 1.165) is 11.4 Å². The fourth-order valence-electron chi connectivity index (χ4n) is 2.83. The summed E-state index contributed by atoms with van der Waals surface area (Å²) >= 11 is 3.76. The van der Waals surface area contributed by atoms with Gasteiger partial charge in [-0.1, -0.05) is 47.7 Å². The summed E-state index contributed by atoms with van der Waals surface area (Å²) in [7, 11) is 0. The minimum atomic E-state index is -0.385. The molecule has 3 nitrogen and oxygen atoms in total. The lowest BCUT2D eigenvalue weighted by Crippen LogP contribution is -1.99. The van der Waals surface area contributed by atoms with Gasteiger partial charge >= 0.3 is 5.76 Å². The average Bonchev–Trinajstić information content (AvgIpc) is 2.95. The molecule has 1 aliphatic carbocycles. The summed E-state index contributed by atoms with van der Waals surface area (Å²) in [5.74, 6) is 0.451. The van der Waals surface area contributed by atoms with E-state index in [0.29, 0.717) is 10.4 Å². The fraction of sp³-hybridized carbons (Fsp3) is 0.500. The molecule has 1 fully saturated rings. The second-order valence-electron chi connectivity index (χ2n) is 5.12. The van der Waals surface area contributed by atoms with Crippen LogP contribution in [0.1, 0.15) is 42.5 Å². The van der Waals surface area contributed by atoms with E-state index < -0.39 is 0 Å². The largest absolute Gasteiger partial charge is 0.417 e. The molecule has 0 aliphatic heterocycles. The monoisotopic (exact) mass is 309 g/mol. The van der Waals surface area contributed by atoms with Gasteiger partial charge < -0.3 is 4.42 Å². The number of oxazole rings is 1. The molecule has 3 rings (SSSR count). The average molecular weight is 310 g/mol. The van der Waals surface area contributed by atoms with Crippen molar-refractivity contribution in [1.82, 2.24) is 4.98 Å². The number of aromatic amines is 1. The zero-order valence-corrected chi connectivity index (χ0v) is 11.7. The normalized spacial score (nSPS) is 18.5. The molecular weight excluding hydrogens is 294 g/mol. The first-order valence-corrected chi connectivity index (χ1v) is 7.41. The predicted octanol–water partition coefficient (Wildman–Crippen LogP) is 4.14. The fourth-order valence-corrected chi connectivity index (χ4v) is 3.65. The number of aromatic nitrogens is 1. The van der Waals surface area contributed by atoms with E-state index in [9.17, 15) is 4.79 Å². The molecule has 0 saturated heterocycles. The SMILES string of the molecule is O=c1[nH]c2ccc(C(Br)CC3CCCC3)cc2o1. The highest BCUT2D eigenvalue weighted by atomic mass is 79.9. The van der Waals surface area contributed by atoms with Gasteiger partial charge in [0.1, 0.15) is 0 Å². The zero-order valence-electron chi connectivity index (χ0n) is 10.1. The summed E-state index contributed by atoms with van der Waals surface area (Å²) in [5, 5.41) is 0. The summed E-state index contributed by atoms with van der Waals surface area (Å²) in [5.41, 5.74) is 2.61. The van der Waals surface area contributed by atoms with Crippen molar-refractivity contribution >= 4 is 27.0 Å². The van der Waals surface area contributed by atoms with Gasteiger partial charge in [-0.2, -0.15) is 0 Å². The van der Waals surface area contributed by atoms with E-state index >= 15 is 0 Å². The lowest BCUT2D eigenvalue weighted by atomic mass is 9.98. The van der Waals surface area contributed by atoms with E-state index in [1.165, 1.54) is 37.7 Å². The maximum Gasteiger partial charge on any atom is 0.417 e. The van der Waals surface area contributed by atoms with E-state index in [2.05, 4.69) is 27.0 Å². The summed E-state index contributed by atoms with van der Waals surface area (Å²) in [4.78, 5) is 14.1. The molecule has 1 atom stereocenters. The van der Waals surface area contributed by atoms with Crippen LogP contribution in [-0.4, -0.2) is 4.98 Å². The molecule has 96 valence electrons. The van der Waals surface area contributed by atoms with E-state index in [4.69, 9.17) is 4.42 Å².